The fourth-order valence-electron chi connectivity index (χ4n) is 2.41. The highest BCUT2D eigenvalue weighted by Crippen LogP contribution is 2.34. The molecule has 3 nitrogen and oxygen atoms in total. The van der Waals surface area contributed by atoms with Crippen LogP contribution >= 0.6 is 0 Å². The first-order valence-corrected chi connectivity index (χ1v) is 6.28. The minimum atomic E-state index is 0.602. The second-order valence-electron chi connectivity index (χ2n) is 4.91. The Balaban J connectivity index is 1.65. The molecule has 3 rings (SSSR count). The average Bonchev–Trinajstić information content (AvgIpc) is 2.35. The number of rotatable bonds is 3. The predicted molar refractivity (Wildman–Crippen MR) is 74.8 cm³/mol. The molecule has 3 heteroatoms. The molecule has 0 saturated heterocycles. The number of benzene rings is 1. The van der Waals surface area contributed by atoms with Gasteiger partial charge in [-0.2, -0.15) is 0 Å². The van der Waals surface area contributed by atoms with Crippen LogP contribution in [0, 0.1) is 6.92 Å². The van der Waals surface area contributed by atoms with Crippen molar-refractivity contribution in [2.24, 2.45) is 0 Å². The van der Waals surface area contributed by atoms with Gasteiger partial charge in [0.15, 0.2) is 0 Å². The molecule has 0 aliphatic heterocycles. The zero-order valence-electron chi connectivity index (χ0n) is 10.5. The number of nitrogen functional groups attached to an aromatic ring is 1. The normalized spacial score (nSPS) is 16.8. The second kappa shape index (κ2) is 4.33. The summed E-state index contributed by atoms with van der Waals surface area (Å²) in [5.74, 6) is 1.47. The van der Waals surface area contributed by atoms with E-state index < -0.39 is 0 Å². The van der Waals surface area contributed by atoms with Gasteiger partial charge >= 0.3 is 0 Å². The van der Waals surface area contributed by atoms with Crippen LogP contribution in [0.3, 0.4) is 0 Å². The van der Waals surface area contributed by atoms with E-state index in [0.29, 0.717) is 5.92 Å². The number of hydrogen-bond acceptors (Lipinski definition) is 3. The van der Waals surface area contributed by atoms with Crippen LogP contribution in [-0.2, 0) is 6.42 Å². The Bertz CT molecular complexity index is 578. The van der Waals surface area contributed by atoms with E-state index in [1.165, 1.54) is 11.1 Å². The highest BCUT2D eigenvalue weighted by molar-refractivity contribution is 5.54. The minimum Gasteiger partial charge on any atom is -0.398 e. The maximum atomic E-state index is 5.87. The maximum Gasteiger partial charge on any atom is 0.127 e. The number of anilines is 2. The van der Waals surface area contributed by atoms with Crippen molar-refractivity contribution in [1.29, 1.82) is 0 Å². The lowest BCUT2D eigenvalue weighted by atomic mass is 9.77. The van der Waals surface area contributed by atoms with Gasteiger partial charge < -0.3 is 11.1 Å². The van der Waals surface area contributed by atoms with E-state index in [0.717, 1.165) is 30.0 Å². The quantitative estimate of drug-likeness (QED) is 0.866. The Hall–Kier alpha value is -2.03. The predicted octanol–water partition coefficient (Wildman–Crippen LogP) is 2.72. The Morgan fingerprint density at radius 1 is 1.39 bits per heavy atom. The van der Waals surface area contributed by atoms with Crippen molar-refractivity contribution in [1.82, 2.24) is 4.98 Å². The van der Waals surface area contributed by atoms with Gasteiger partial charge in [-0.05, 0) is 30.0 Å². The number of nitrogens with two attached hydrogens (primary N) is 1. The molecule has 18 heavy (non-hydrogen) atoms. The van der Waals surface area contributed by atoms with Crippen molar-refractivity contribution < 1.29 is 0 Å². The summed E-state index contributed by atoms with van der Waals surface area (Å²) in [5, 5.41) is 3.36. The van der Waals surface area contributed by atoms with Crippen LogP contribution in [0.25, 0.3) is 0 Å². The van der Waals surface area contributed by atoms with E-state index in [-0.39, 0.29) is 0 Å². The van der Waals surface area contributed by atoms with Crippen LogP contribution < -0.4 is 11.1 Å². The van der Waals surface area contributed by atoms with E-state index in [1.54, 1.807) is 0 Å². The van der Waals surface area contributed by atoms with Crippen molar-refractivity contribution in [2.75, 3.05) is 17.6 Å². The van der Waals surface area contributed by atoms with Crippen LogP contribution in [0.1, 0.15) is 22.6 Å². The largest absolute Gasteiger partial charge is 0.398 e. The number of aromatic nitrogens is 1. The van der Waals surface area contributed by atoms with Gasteiger partial charge in [-0.1, -0.05) is 24.3 Å². The standard InChI is InChI=1S/C15H17N3/c1-10-8-17-15(7-14(10)16)18-9-12-6-11-4-2-3-5-13(11)12/h2-5,7-8,12H,6,9H2,1H3,(H3,16,17,18). The van der Waals surface area contributed by atoms with Crippen LogP contribution in [0.4, 0.5) is 11.5 Å². The van der Waals surface area contributed by atoms with Gasteiger partial charge in [0.05, 0.1) is 0 Å². The molecule has 0 spiro atoms. The van der Waals surface area contributed by atoms with E-state index in [2.05, 4.69) is 34.6 Å². The summed E-state index contributed by atoms with van der Waals surface area (Å²) >= 11 is 0. The highest BCUT2D eigenvalue weighted by Gasteiger charge is 2.24. The van der Waals surface area contributed by atoms with Crippen molar-refractivity contribution in [2.45, 2.75) is 19.3 Å². The molecule has 0 saturated carbocycles. The first-order valence-electron chi connectivity index (χ1n) is 6.28. The molecule has 0 bridgehead atoms. The summed E-state index contributed by atoms with van der Waals surface area (Å²) in [5.41, 5.74) is 10.6. The summed E-state index contributed by atoms with van der Waals surface area (Å²) < 4.78 is 0. The number of hydrogen-bond donors (Lipinski definition) is 2. The third-order valence-electron chi connectivity index (χ3n) is 3.64. The topological polar surface area (TPSA) is 50.9 Å². The van der Waals surface area contributed by atoms with Gasteiger partial charge in [-0.3, -0.25) is 0 Å². The van der Waals surface area contributed by atoms with Crippen LogP contribution in [0.15, 0.2) is 36.5 Å². The van der Waals surface area contributed by atoms with Crippen molar-refractivity contribution in [3.8, 4) is 0 Å². The van der Waals surface area contributed by atoms with Gasteiger partial charge in [0.2, 0.25) is 0 Å². The smallest absolute Gasteiger partial charge is 0.127 e. The second-order valence-corrected chi connectivity index (χ2v) is 4.91. The number of aryl methyl sites for hydroxylation is 1. The van der Waals surface area contributed by atoms with Gasteiger partial charge in [0.25, 0.3) is 0 Å². The zero-order valence-corrected chi connectivity index (χ0v) is 10.5. The molecule has 1 atom stereocenters. The SMILES string of the molecule is Cc1cnc(NCC2Cc3ccccc32)cc1N. The molecule has 1 aliphatic carbocycles. The summed E-state index contributed by atoms with van der Waals surface area (Å²) in [7, 11) is 0. The molecular formula is C15H17N3. The van der Waals surface area contributed by atoms with Gasteiger partial charge in [0, 0.05) is 30.4 Å². The lowest BCUT2D eigenvalue weighted by Crippen LogP contribution is -2.24. The summed E-state index contributed by atoms with van der Waals surface area (Å²) in [6, 6.07) is 10.5. The van der Waals surface area contributed by atoms with Gasteiger partial charge in [-0.15, -0.1) is 0 Å². The molecule has 2 aromatic rings. The van der Waals surface area contributed by atoms with Gasteiger partial charge in [-0.25, -0.2) is 4.98 Å². The van der Waals surface area contributed by atoms with E-state index in [9.17, 15) is 0 Å². The lowest BCUT2D eigenvalue weighted by molar-refractivity contribution is 0.634. The molecule has 0 radical (unpaired) electrons. The molecular weight excluding hydrogens is 222 g/mol. The molecule has 1 heterocycles. The van der Waals surface area contributed by atoms with Crippen LogP contribution in [-0.4, -0.2) is 11.5 Å². The first kappa shape index (κ1) is 11.1. The average molecular weight is 239 g/mol. The molecule has 1 aromatic carbocycles. The fraction of sp³-hybridized carbons (Fsp3) is 0.267. The third kappa shape index (κ3) is 1.92. The molecule has 0 fully saturated rings. The van der Waals surface area contributed by atoms with Crippen molar-refractivity contribution >= 4 is 11.5 Å². The van der Waals surface area contributed by atoms with E-state index in [1.807, 2.05) is 19.2 Å². The zero-order chi connectivity index (χ0) is 12.5. The summed E-state index contributed by atoms with van der Waals surface area (Å²) in [6.45, 7) is 2.89. The maximum absolute atomic E-state index is 5.87. The Morgan fingerprint density at radius 2 is 2.22 bits per heavy atom. The summed E-state index contributed by atoms with van der Waals surface area (Å²) in [6.07, 6.45) is 2.97. The minimum absolute atomic E-state index is 0.602. The molecule has 1 aromatic heterocycles. The van der Waals surface area contributed by atoms with Crippen LogP contribution in [0.5, 0.6) is 0 Å². The molecule has 92 valence electrons. The van der Waals surface area contributed by atoms with Crippen molar-refractivity contribution in [3.63, 3.8) is 0 Å². The number of nitrogens with zero attached hydrogens (tertiary/aromatic N) is 1. The molecule has 1 aliphatic rings. The summed E-state index contributed by atoms with van der Waals surface area (Å²) in [4.78, 5) is 4.33. The Kier molecular flexibility index (Phi) is 2.67. The monoisotopic (exact) mass is 239 g/mol. The van der Waals surface area contributed by atoms with Crippen LogP contribution in [0.2, 0.25) is 0 Å². The van der Waals surface area contributed by atoms with E-state index >= 15 is 0 Å². The lowest BCUT2D eigenvalue weighted by Gasteiger charge is -2.30. The van der Waals surface area contributed by atoms with Gasteiger partial charge in [0.1, 0.15) is 5.82 Å². The molecule has 0 amide bonds. The Labute approximate surface area is 107 Å². The third-order valence-corrected chi connectivity index (χ3v) is 3.64. The Morgan fingerprint density at radius 3 is 3.00 bits per heavy atom. The highest BCUT2D eigenvalue weighted by atomic mass is 15.0. The molecule has 1 unspecified atom stereocenters. The number of pyridine rings is 1. The number of nitrogens with one attached hydrogen (secondary N) is 1. The first-order chi connectivity index (χ1) is 8.74. The van der Waals surface area contributed by atoms with Crippen molar-refractivity contribution in [3.05, 3.63) is 53.2 Å². The van der Waals surface area contributed by atoms with E-state index in [4.69, 9.17) is 5.73 Å². The molecule has 3 N–H and O–H groups in total. The number of fused-ring (bicyclic) bond motifs is 1. The fourth-order valence-corrected chi connectivity index (χ4v) is 2.41.